The molecule has 1 heterocycles. The standard InChI is InChI=1S/C28H22N4O2S/c1-19-13-15-22(16-14-19)32-27(34)24-11-4-5-12-25(24)30-28(32)35-18-26(33)31-29-17-21-9-6-8-20-7-2-3-10-23(20)21/h2-17H,18H2,1H3,(H,31,33)/b29-17+. The molecule has 0 aliphatic heterocycles. The van der Waals surface area contributed by atoms with Gasteiger partial charge in [0, 0.05) is 5.56 Å². The van der Waals surface area contributed by atoms with Crippen LogP contribution in [0.3, 0.4) is 0 Å². The highest BCUT2D eigenvalue weighted by molar-refractivity contribution is 7.99. The summed E-state index contributed by atoms with van der Waals surface area (Å²) in [5.74, 6) is -0.229. The van der Waals surface area contributed by atoms with Crippen molar-refractivity contribution in [1.29, 1.82) is 0 Å². The Kier molecular flexibility index (Phi) is 6.41. The topological polar surface area (TPSA) is 76.3 Å². The van der Waals surface area contributed by atoms with Crippen LogP contribution in [-0.4, -0.2) is 27.4 Å². The third kappa shape index (κ3) is 4.85. The van der Waals surface area contributed by atoms with Crippen LogP contribution in [0.4, 0.5) is 0 Å². The van der Waals surface area contributed by atoms with Gasteiger partial charge in [-0.3, -0.25) is 14.2 Å². The predicted molar refractivity (Wildman–Crippen MR) is 142 cm³/mol. The Morgan fingerprint density at radius 1 is 0.943 bits per heavy atom. The third-order valence-corrected chi connectivity index (χ3v) is 6.52. The van der Waals surface area contributed by atoms with Crippen molar-refractivity contribution in [3.05, 3.63) is 112 Å². The zero-order valence-corrected chi connectivity index (χ0v) is 19.8. The zero-order valence-electron chi connectivity index (χ0n) is 19.0. The maximum Gasteiger partial charge on any atom is 0.266 e. The Morgan fingerprint density at radius 2 is 1.66 bits per heavy atom. The lowest BCUT2D eigenvalue weighted by atomic mass is 10.1. The molecule has 1 amide bonds. The van der Waals surface area contributed by atoms with Crippen molar-refractivity contribution in [2.75, 3.05) is 5.75 Å². The molecule has 4 aromatic carbocycles. The third-order valence-electron chi connectivity index (χ3n) is 5.59. The number of aromatic nitrogens is 2. The Hall–Kier alpha value is -4.23. The van der Waals surface area contributed by atoms with Crippen molar-refractivity contribution in [2.24, 2.45) is 5.10 Å². The van der Waals surface area contributed by atoms with E-state index >= 15 is 0 Å². The molecule has 0 saturated carbocycles. The molecule has 7 heteroatoms. The van der Waals surface area contributed by atoms with Crippen LogP contribution in [0.2, 0.25) is 0 Å². The summed E-state index contributed by atoms with van der Waals surface area (Å²) in [5.41, 5.74) is 5.72. The van der Waals surface area contributed by atoms with Crippen molar-refractivity contribution in [3.8, 4) is 5.69 Å². The second kappa shape index (κ2) is 9.95. The number of carbonyl (C=O) groups is 1. The highest BCUT2D eigenvalue weighted by Crippen LogP contribution is 2.22. The van der Waals surface area contributed by atoms with E-state index in [1.807, 2.05) is 85.8 Å². The van der Waals surface area contributed by atoms with E-state index in [2.05, 4.69) is 15.5 Å². The van der Waals surface area contributed by atoms with Crippen LogP contribution in [0.5, 0.6) is 0 Å². The predicted octanol–water partition coefficient (Wildman–Crippen LogP) is 5.09. The SMILES string of the molecule is Cc1ccc(-n2c(SCC(=O)N/N=C/c3cccc4ccccc34)nc3ccccc3c2=O)cc1. The summed E-state index contributed by atoms with van der Waals surface area (Å²) in [7, 11) is 0. The van der Waals surface area contributed by atoms with Crippen LogP contribution >= 0.6 is 11.8 Å². The first kappa shape index (κ1) is 22.6. The lowest BCUT2D eigenvalue weighted by Gasteiger charge is -2.13. The lowest BCUT2D eigenvalue weighted by Crippen LogP contribution is -2.24. The minimum absolute atomic E-state index is 0.0590. The van der Waals surface area contributed by atoms with E-state index in [0.717, 1.165) is 21.9 Å². The van der Waals surface area contributed by atoms with Gasteiger partial charge >= 0.3 is 0 Å². The molecule has 0 spiro atoms. The molecule has 0 fully saturated rings. The molecule has 5 rings (SSSR count). The number of nitrogens with zero attached hydrogens (tertiary/aromatic N) is 3. The van der Waals surface area contributed by atoms with Gasteiger partial charge in [0.2, 0.25) is 0 Å². The number of carbonyl (C=O) groups excluding carboxylic acids is 1. The number of rotatable bonds is 6. The van der Waals surface area contributed by atoms with Crippen LogP contribution < -0.4 is 11.0 Å². The molecule has 1 N–H and O–H groups in total. The fourth-order valence-corrected chi connectivity index (χ4v) is 4.63. The number of fused-ring (bicyclic) bond motifs is 2. The summed E-state index contributed by atoms with van der Waals surface area (Å²) in [6.07, 6.45) is 1.64. The van der Waals surface area contributed by atoms with E-state index in [1.54, 1.807) is 22.9 Å². The van der Waals surface area contributed by atoms with E-state index in [0.29, 0.717) is 21.7 Å². The second-order valence-electron chi connectivity index (χ2n) is 8.04. The number of hydrogen-bond donors (Lipinski definition) is 1. The summed E-state index contributed by atoms with van der Waals surface area (Å²) >= 11 is 1.20. The van der Waals surface area contributed by atoms with Crippen molar-refractivity contribution in [2.45, 2.75) is 12.1 Å². The molecule has 5 aromatic rings. The first-order valence-electron chi connectivity index (χ1n) is 11.1. The van der Waals surface area contributed by atoms with E-state index in [4.69, 9.17) is 0 Å². The number of hydrazone groups is 1. The lowest BCUT2D eigenvalue weighted by molar-refractivity contribution is -0.118. The average Bonchev–Trinajstić information content (AvgIpc) is 2.88. The molecule has 0 saturated heterocycles. The van der Waals surface area contributed by atoms with Crippen LogP contribution in [0.25, 0.3) is 27.4 Å². The number of aryl methyl sites for hydroxylation is 1. The highest BCUT2D eigenvalue weighted by atomic mass is 32.2. The average molecular weight is 479 g/mol. The second-order valence-corrected chi connectivity index (χ2v) is 8.98. The van der Waals surface area contributed by atoms with E-state index in [-0.39, 0.29) is 17.2 Å². The Morgan fingerprint density at radius 3 is 2.49 bits per heavy atom. The number of thioether (sulfide) groups is 1. The Bertz CT molecular complexity index is 1620. The monoisotopic (exact) mass is 478 g/mol. The fraction of sp³-hybridized carbons (Fsp3) is 0.0714. The van der Waals surface area contributed by atoms with E-state index in [1.165, 1.54) is 11.8 Å². The smallest absolute Gasteiger partial charge is 0.266 e. The minimum Gasteiger partial charge on any atom is -0.272 e. The molecule has 0 bridgehead atoms. The summed E-state index contributed by atoms with van der Waals surface area (Å²) in [6, 6.07) is 28.8. The van der Waals surface area contributed by atoms with Gasteiger partial charge in [0.1, 0.15) is 0 Å². The van der Waals surface area contributed by atoms with Gasteiger partial charge in [-0.05, 0) is 42.0 Å². The van der Waals surface area contributed by atoms with Gasteiger partial charge in [-0.2, -0.15) is 5.10 Å². The van der Waals surface area contributed by atoms with Gasteiger partial charge in [-0.1, -0.05) is 84.1 Å². The number of para-hydroxylation sites is 1. The first-order chi connectivity index (χ1) is 17.1. The molecular formula is C28H22N4O2S. The molecule has 0 atom stereocenters. The molecular weight excluding hydrogens is 456 g/mol. The van der Waals surface area contributed by atoms with Gasteiger partial charge in [0.05, 0.1) is 28.6 Å². The normalized spacial score (nSPS) is 11.3. The van der Waals surface area contributed by atoms with Crippen LogP contribution in [0.15, 0.2) is 106 Å². The number of nitrogens with one attached hydrogen (secondary N) is 1. The Balaban J connectivity index is 1.37. The number of amides is 1. The van der Waals surface area contributed by atoms with Gasteiger partial charge < -0.3 is 0 Å². The van der Waals surface area contributed by atoms with Crippen molar-refractivity contribution in [3.63, 3.8) is 0 Å². The van der Waals surface area contributed by atoms with Crippen molar-refractivity contribution < 1.29 is 4.79 Å². The molecule has 172 valence electrons. The van der Waals surface area contributed by atoms with Gasteiger partial charge in [0.25, 0.3) is 11.5 Å². The fourth-order valence-electron chi connectivity index (χ4n) is 3.83. The van der Waals surface area contributed by atoms with Gasteiger partial charge in [-0.15, -0.1) is 0 Å². The summed E-state index contributed by atoms with van der Waals surface area (Å²) in [6.45, 7) is 1.99. The summed E-state index contributed by atoms with van der Waals surface area (Å²) in [4.78, 5) is 30.5. The number of hydrogen-bond acceptors (Lipinski definition) is 5. The van der Waals surface area contributed by atoms with Crippen LogP contribution in [0, 0.1) is 6.92 Å². The Labute approximate surface area is 206 Å². The molecule has 0 aliphatic carbocycles. The van der Waals surface area contributed by atoms with E-state index in [9.17, 15) is 9.59 Å². The maximum atomic E-state index is 13.3. The number of benzene rings is 4. The quantitative estimate of drug-likeness (QED) is 0.160. The van der Waals surface area contributed by atoms with Crippen molar-refractivity contribution >= 4 is 45.6 Å². The van der Waals surface area contributed by atoms with Crippen LogP contribution in [0.1, 0.15) is 11.1 Å². The molecule has 6 nitrogen and oxygen atoms in total. The van der Waals surface area contributed by atoms with Gasteiger partial charge in [0.15, 0.2) is 5.16 Å². The van der Waals surface area contributed by atoms with Gasteiger partial charge in [-0.25, -0.2) is 10.4 Å². The van der Waals surface area contributed by atoms with Crippen LogP contribution in [-0.2, 0) is 4.79 Å². The first-order valence-corrected chi connectivity index (χ1v) is 12.1. The minimum atomic E-state index is -0.288. The molecule has 35 heavy (non-hydrogen) atoms. The molecule has 0 aliphatic rings. The zero-order chi connectivity index (χ0) is 24.2. The molecule has 1 aromatic heterocycles. The highest BCUT2D eigenvalue weighted by Gasteiger charge is 2.14. The summed E-state index contributed by atoms with van der Waals surface area (Å²) in [5, 5.41) is 7.28. The van der Waals surface area contributed by atoms with Crippen molar-refractivity contribution in [1.82, 2.24) is 15.0 Å². The molecule has 0 radical (unpaired) electrons. The summed E-state index contributed by atoms with van der Waals surface area (Å²) < 4.78 is 1.55. The maximum absolute atomic E-state index is 13.3. The van der Waals surface area contributed by atoms with E-state index < -0.39 is 0 Å². The largest absolute Gasteiger partial charge is 0.272 e. The molecule has 0 unspecified atom stereocenters.